The maximum absolute atomic E-state index is 3.75. The van der Waals surface area contributed by atoms with Gasteiger partial charge in [-0.2, -0.15) is 0 Å². The smallest absolute Gasteiger partial charge is 0.0120 e. The summed E-state index contributed by atoms with van der Waals surface area (Å²) in [4.78, 5) is 2.78. The van der Waals surface area contributed by atoms with Crippen LogP contribution in [0, 0.1) is 11.8 Å². The maximum atomic E-state index is 3.75. The summed E-state index contributed by atoms with van der Waals surface area (Å²) in [6.07, 6.45) is 9.99. The zero-order chi connectivity index (χ0) is 13.7. The summed E-state index contributed by atoms with van der Waals surface area (Å²) in [5, 5.41) is 3.75. The van der Waals surface area contributed by atoms with Crippen molar-refractivity contribution < 1.29 is 0 Å². The first-order valence-corrected chi connectivity index (χ1v) is 8.69. The van der Waals surface area contributed by atoms with Crippen molar-refractivity contribution in [3.63, 3.8) is 0 Å². The zero-order valence-electron chi connectivity index (χ0n) is 13.3. The average Bonchev–Trinajstić information content (AvgIpc) is 2.44. The molecule has 0 bridgehead atoms. The Balaban J connectivity index is 1.80. The second-order valence-electron chi connectivity index (χ2n) is 6.95. The van der Waals surface area contributed by atoms with Gasteiger partial charge in [-0.05, 0) is 57.5 Å². The van der Waals surface area contributed by atoms with Gasteiger partial charge in [0, 0.05) is 18.6 Å². The van der Waals surface area contributed by atoms with Crippen molar-refractivity contribution in [3.8, 4) is 0 Å². The largest absolute Gasteiger partial charge is 0.314 e. The first-order chi connectivity index (χ1) is 9.22. The summed E-state index contributed by atoms with van der Waals surface area (Å²) < 4.78 is 0. The molecular formula is C17H34N2. The number of piperidine rings is 1. The fourth-order valence-electron chi connectivity index (χ4n) is 4.02. The quantitative estimate of drug-likeness (QED) is 0.817. The molecule has 3 unspecified atom stereocenters. The molecule has 1 aliphatic heterocycles. The summed E-state index contributed by atoms with van der Waals surface area (Å²) in [5.41, 5.74) is 0. The van der Waals surface area contributed by atoms with E-state index in [9.17, 15) is 0 Å². The summed E-state index contributed by atoms with van der Waals surface area (Å²) in [6, 6.07) is 1.50. The van der Waals surface area contributed by atoms with E-state index >= 15 is 0 Å². The van der Waals surface area contributed by atoms with Crippen molar-refractivity contribution >= 4 is 0 Å². The Morgan fingerprint density at radius 3 is 2.47 bits per heavy atom. The molecule has 0 radical (unpaired) electrons. The zero-order valence-corrected chi connectivity index (χ0v) is 13.3. The molecule has 2 heteroatoms. The van der Waals surface area contributed by atoms with Gasteiger partial charge in [-0.3, -0.25) is 0 Å². The topological polar surface area (TPSA) is 15.3 Å². The Morgan fingerprint density at radius 1 is 1.05 bits per heavy atom. The Morgan fingerprint density at radius 2 is 1.79 bits per heavy atom. The molecule has 19 heavy (non-hydrogen) atoms. The van der Waals surface area contributed by atoms with E-state index in [0.29, 0.717) is 0 Å². The molecule has 3 atom stereocenters. The van der Waals surface area contributed by atoms with Crippen LogP contribution in [0.15, 0.2) is 0 Å². The Labute approximate surface area is 120 Å². The van der Waals surface area contributed by atoms with Crippen LogP contribution in [0.5, 0.6) is 0 Å². The van der Waals surface area contributed by atoms with Gasteiger partial charge >= 0.3 is 0 Å². The molecule has 0 spiro atoms. The van der Waals surface area contributed by atoms with Crippen molar-refractivity contribution in [2.45, 2.75) is 77.8 Å². The van der Waals surface area contributed by atoms with Crippen LogP contribution in [0.25, 0.3) is 0 Å². The van der Waals surface area contributed by atoms with Crippen molar-refractivity contribution in [1.29, 1.82) is 0 Å². The molecule has 2 fully saturated rings. The molecule has 0 aromatic heterocycles. The van der Waals surface area contributed by atoms with Crippen molar-refractivity contribution in [1.82, 2.24) is 10.2 Å². The van der Waals surface area contributed by atoms with Crippen LogP contribution in [-0.2, 0) is 0 Å². The number of nitrogens with one attached hydrogen (secondary N) is 1. The number of hydrogen-bond acceptors (Lipinski definition) is 2. The van der Waals surface area contributed by atoms with E-state index in [1.54, 1.807) is 0 Å². The Hall–Kier alpha value is -0.0800. The van der Waals surface area contributed by atoms with E-state index in [4.69, 9.17) is 0 Å². The van der Waals surface area contributed by atoms with Gasteiger partial charge in [0.2, 0.25) is 0 Å². The predicted molar refractivity (Wildman–Crippen MR) is 83.5 cm³/mol. The van der Waals surface area contributed by atoms with E-state index in [1.807, 2.05) is 0 Å². The van der Waals surface area contributed by atoms with E-state index < -0.39 is 0 Å². The number of hydrogen-bond donors (Lipinski definition) is 1. The standard InChI is InChI=1S/C17H34N2/c1-4-11-18-17-10-12-19(15(3)14(17)2)13-16-8-6-5-7-9-16/h14-18H,4-13H2,1-3H3. The Bertz CT molecular complexity index is 248. The van der Waals surface area contributed by atoms with Crippen LogP contribution in [0.4, 0.5) is 0 Å². The molecule has 2 nitrogen and oxygen atoms in total. The highest BCUT2D eigenvalue weighted by Gasteiger charge is 2.32. The summed E-state index contributed by atoms with van der Waals surface area (Å²) >= 11 is 0. The third-order valence-electron chi connectivity index (χ3n) is 5.57. The minimum atomic E-state index is 0.748. The van der Waals surface area contributed by atoms with Gasteiger partial charge in [0.1, 0.15) is 0 Å². The van der Waals surface area contributed by atoms with Gasteiger partial charge in [-0.25, -0.2) is 0 Å². The van der Waals surface area contributed by atoms with Gasteiger partial charge in [-0.1, -0.05) is 33.1 Å². The SMILES string of the molecule is CCCNC1CCN(CC2CCCCC2)C(C)C1C. The van der Waals surface area contributed by atoms with Crippen molar-refractivity contribution in [2.75, 3.05) is 19.6 Å². The van der Waals surface area contributed by atoms with Gasteiger partial charge in [0.25, 0.3) is 0 Å². The maximum Gasteiger partial charge on any atom is 0.0120 e. The summed E-state index contributed by atoms with van der Waals surface area (Å²) in [6.45, 7) is 11.0. The summed E-state index contributed by atoms with van der Waals surface area (Å²) in [7, 11) is 0. The molecule has 1 N–H and O–H groups in total. The van der Waals surface area contributed by atoms with Gasteiger partial charge in [0.15, 0.2) is 0 Å². The van der Waals surface area contributed by atoms with E-state index in [1.165, 1.54) is 64.6 Å². The van der Waals surface area contributed by atoms with Gasteiger partial charge in [0.05, 0.1) is 0 Å². The van der Waals surface area contributed by atoms with Crippen molar-refractivity contribution in [2.24, 2.45) is 11.8 Å². The normalized spacial score (nSPS) is 34.6. The van der Waals surface area contributed by atoms with Crippen LogP contribution in [0.3, 0.4) is 0 Å². The highest BCUT2D eigenvalue weighted by molar-refractivity contribution is 4.89. The number of rotatable bonds is 5. The second kappa shape index (κ2) is 7.64. The van der Waals surface area contributed by atoms with Gasteiger partial charge < -0.3 is 10.2 Å². The molecule has 0 aromatic rings. The summed E-state index contributed by atoms with van der Waals surface area (Å²) in [5.74, 6) is 1.78. The lowest BCUT2D eigenvalue weighted by Crippen LogP contribution is -2.54. The molecule has 2 rings (SSSR count). The lowest BCUT2D eigenvalue weighted by Gasteiger charge is -2.44. The molecule has 1 heterocycles. The minimum Gasteiger partial charge on any atom is -0.314 e. The lowest BCUT2D eigenvalue weighted by molar-refractivity contribution is 0.0640. The fourth-order valence-corrected chi connectivity index (χ4v) is 4.02. The molecule has 1 saturated carbocycles. The molecule has 0 aromatic carbocycles. The predicted octanol–water partition coefficient (Wildman–Crippen LogP) is 3.67. The van der Waals surface area contributed by atoms with Crippen LogP contribution >= 0.6 is 0 Å². The monoisotopic (exact) mass is 266 g/mol. The number of likely N-dealkylation sites (tertiary alicyclic amines) is 1. The first kappa shape index (κ1) is 15.3. The van der Waals surface area contributed by atoms with E-state index in [2.05, 4.69) is 31.0 Å². The highest BCUT2D eigenvalue weighted by Crippen LogP contribution is 2.29. The second-order valence-corrected chi connectivity index (χ2v) is 6.95. The molecule has 1 saturated heterocycles. The van der Waals surface area contributed by atoms with Gasteiger partial charge in [-0.15, -0.1) is 0 Å². The third-order valence-corrected chi connectivity index (χ3v) is 5.57. The number of nitrogens with zero attached hydrogens (tertiary/aromatic N) is 1. The molecule has 0 amide bonds. The first-order valence-electron chi connectivity index (χ1n) is 8.69. The average molecular weight is 266 g/mol. The third kappa shape index (κ3) is 4.19. The lowest BCUT2D eigenvalue weighted by atomic mass is 9.84. The highest BCUT2D eigenvalue weighted by atomic mass is 15.2. The minimum absolute atomic E-state index is 0.748. The Kier molecular flexibility index (Phi) is 6.15. The molecule has 2 aliphatic rings. The van der Waals surface area contributed by atoms with E-state index in [0.717, 1.165) is 23.9 Å². The fraction of sp³-hybridized carbons (Fsp3) is 1.00. The van der Waals surface area contributed by atoms with Crippen molar-refractivity contribution in [3.05, 3.63) is 0 Å². The van der Waals surface area contributed by atoms with E-state index in [-0.39, 0.29) is 0 Å². The van der Waals surface area contributed by atoms with Crippen LogP contribution in [-0.4, -0.2) is 36.6 Å². The molecule has 112 valence electrons. The van der Waals surface area contributed by atoms with Crippen LogP contribution in [0.1, 0.15) is 65.7 Å². The molecule has 1 aliphatic carbocycles. The van der Waals surface area contributed by atoms with Crippen LogP contribution < -0.4 is 5.32 Å². The van der Waals surface area contributed by atoms with Crippen LogP contribution in [0.2, 0.25) is 0 Å². The molecular weight excluding hydrogens is 232 g/mol.